The van der Waals surface area contributed by atoms with Gasteiger partial charge in [0.15, 0.2) is 0 Å². The summed E-state index contributed by atoms with van der Waals surface area (Å²) < 4.78 is 16.5. The molecule has 2 heterocycles. The minimum Gasteiger partial charge on any atom is -0.497 e. The van der Waals surface area contributed by atoms with Gasteiger partial charge in [0.1, 0.15) is 17.2 Å². The average Bonchev–Trinajstić information content (AvgIpc) is 3.44. The van der Waals surface area contributed by atoms with Gasteiger partial charge >= 0.3 is 0 Å². The van der Waals surface area contributed by atoms with E-state index in [0.717, 1.165) is 55.3 Å². The Hall–Kier alpha value is -3.88. The second-order valence-corrected chi connectivity index (χ2v) is 9.88. The Labute approximate surface area is 230 Å². The highest BCUT2D eigenvalue weighted by Gasteiger charge is 2.36. The molecule has 2 aliphatic heterocycles. The van der Waals surface area contributed by atoms with Crippen molar-refractivity contribution < 1.29 is 19.0 Å². The lowest BCUT2D eigenvalue weighted by molar-refractivity contribution is -0.134. The van der Waals surface area contributed by atoms with E-state index in [2.05, 4.69) is 34.1 Å². The van der Waals surface area contributed by atoms with Crippen molar-refractivity contribution in [1.29, 1.82) is 0 Å². The molecule has 1 atom stereocenters. The van der Waals surface area contributed by atoms with E-state index in [1.54, 1.807) is 26.3 Å². The predicted octanol–water partition coefficient (Wildman–Crippen LogP) is 4.21. The van der Waals surface area contributed by atoms with E-state index < -0.39 is 0 Å². The number of carbonyl (C=O) groups is 1. The van der Waals surface area contributed by atoms with Crippen LogP contribution in [-0.2, 0) is 11.3 Å². The first kappa shape index (κ1) is 26.7. The highest BCUT2D eigenvalue weighted by molar-refractivity contribution is 6.03. The molecule has 0 N–H and O–H groups in total. The van der Waals surface area contributed by atoms with Gasteiger partial charge in [0, 0.05) is 44.7 Å². The Morgan fingerprint density at radius 1 is 0.821 bits per heavy atom. The van der Waals surface area contributed by atoms with Crippen molar-refractivity contribution in [2.45, 2.75) is 19.0 Å². The van der Waals surface area contributed by atoms with E-state index in [0.29, 0.717) is 24.5 Å². The third kappa shape index (κ3) is 6.24. The zero-order chi connectivity index (χ0) is 27.2. The minimum atomic E-state index is -0.293. The van der Waals surface area contributed by atoms with Gasteiger partial charge in [0.05, 0.1) is 39.6 Å². The largest absolute Gasteiger partial charge is 0.497 e. The average molecular weight is 529 g/mol. The first-order valence-electron chi connectivity index (χ1n) is 13.3. The highest BCUT2D eigenvalue weighted by Crippen LogP contribution is 2.39. The van der Waals surface area contributed by atoms with Gasteiger partial charge in [-0.05, 0) is 53.6 Å². The van der Waals surface area contributed by atoms with Crippen LogP contribution in [0.15, 0.2) is 77.9 Å². The summed E-state index contributed by atoms with van der Waals surface area (Å²) >= 11 is 0. The summed E-state index contributed by atoms with van der Waals surface area (Å²) in [5, 5.41) is 6.51. The number of hydrogen-bond acceptors (Lipinski definition) is 7. The molecule has 0 aliphatic carbocycles. The monoisotopic (exact) mass is 528 g/mol. The summed E-state index contributed by atoms with van der Waals surface area (Å²) in [5.41, 5.74) is 4.01. The molecular formula is C31H36N4O4. The number of amides is 1. The van der Waals surface area contributed by atoms with E-state index in [-0.39, 0.29) is 11.9 Å². The van der Waals surface area contributed by atoms with Crippen LogP contribution in [0.3, 0.4) is 0 Å². The number of ether oxygens (including phenoxy) is 3. The molecule has 0 aromatic heterocycles. The Kier molecular flexibility index (Phi) is 8.44. The van der Waals surface area contributed by atoms with Crippen LogP contribution in [0.1, 0.15) is 29.2 Å². The van der Waals surface area contributed by atoms with Gasteiger partial charge < -0.3 is 14.2 Å². The van der Waals surface area contributed by atoms with Crippen LogP contribution < -0.4 is 14.2 Å². The number of piperazine rings is 1. The van der Waals surface area contributed by atoms with E-state index in [9.17, 15) is 4.79 Å². The summed E-state index contributed by atoms with van der Waals surface area (Å²) in [7, 11) is 4.93. The number of hydrogen-bond donors (Lipinski definition) is 0. The van der Waals surface area contributed by atoms with Crippen LogP contribution in [0.25, 0.3) is 0 Å². The van der Waals surface area contributed by atoms with Crippen molar-refractivity contribution >= 4 is 11.6 Å². The SMILES string of the molecule is COc1ccc(C2=NN(C(=O)CN3CCN(Cc4ccccc4)CC3)C(c3cc(OC)ccc3OC)C2)cc1. The fourth-order valence-corrected chi connectivity index (χ4v) is 5.25. The van der Waals surface area contributed by atoms with Crippen molar-refractivity contribution in [2.24, 2.45) is 5.10 Å². The normalized spacial score (nSPS) is 18.1. The lowest BCUT2D eigenvalue weighted by Gasteiger charge is -2.35. The fourth-order valence-electron chi connectivity index (χ4n) is 5.25. The second-order valence-electron chi connectivity index (χ2n) is 9.88. The highest BCUT2D eigenvalue weighted by atomic mass is 16.5. The maximum Gasteiger partial charge on any atom is 0.257 e. The molecule has 39 heavy (non-hydrogen) atoms. The van der Waals surface area contributed by atoms with Crippen molar-refractivity contribution in [1.82, 2.24) is 14.8 Å². The summed E-state index contributed by atoms with van der Waals surface area (Å²) in [4.78, 5) is 18.4. The van der Waals surface area contributed by atoms with Gasteiger partial charge in [-0.3, -0.25) is 14.6 Å². The third-order valence-electron chi connectivity index (χ3n) is 7.46. The molecular weight excluding hydrogens is 492 g/mol. The molecule has 3 aromatic carbocycles. The Bertz CT molecular complexity index is 1290. The predicted molar refractivity (Wildman–Crippen MR) is 151 cm³/mol. The Morgan fingerprint density at radius 2 is 1.49 bits per heavy atom. The van der Waals surface area contributed by atoms with Crippen LogP contribution in [0.2, 0.25) is 0 Å². The summed E-state index contributed by atoms with van der Waals surface area (Å²) in [5.74, 6) is 2.18. The van der Waals surface area contributed by atoms with E-state index in [4.69, 9.17) is 19.3 Å². The first-order chi connectivity index (χ1) is 19.1. The lowest BCUT2D eigenvalue weighted by Crippen LogP contribution is -2.49. The topological polar surface area (TPSA) is 66.8 Å². The molecule has 5 rings (SSSR count). The van der Waals surface area contributed by atoms with Gasteiger partial charge in [0.2, 0.25) is 0 Å². The zero-order valence-corrected chi connectivity index (χ0v) is 22.9. The molecule has 8 nitrogen and oxygen atoms in total. The molecule has 0 radical (unpaired) electrons. The van der Waals surface area contributed by atoms with Crippen LogP contribution in [-0.4, -0.2) is 80.5 Å². The number of rotatable bonds is 9. The lowest BCUT2D eigenvalue weighted by atomic mass is 9.97. The molecule has 1 amide bonds. The zero-order valence-electron chi connectivity index (χ0n) is 22.9. The fraction of sp³-hybridized carbons (Fsp3) is 0.355. The van der Waals surface area contributed by atoms with Gasteiger partial charge in [-0.15, -0.1) is 0 Å². The molecule has 1 saturated heterocycles. The smallest absolute Gasteiger partial charge is 0.257 e. The maximum atomic E-state index is 13.8. The molecule has 0 saturated carbocycles. The number of hydrazone groups is 1. The molecule has 0 bridgehead atoms. The second kappa shape index (κ2) is 12.3. The Balaban J connectivity index is 1.33. The van der Waals surface area contributed by atoms with Crippen LogP contribution >= 0.6 is 0 Å². The number of methoxy groups -OCH3 is 3. The minimum absolute atomic E-state index is 0.0232. The number of carbonyl (C=O) groups excluding carboxylic acids is 1. The molecule has 204 valence electrons. The van der Waals surface area contributed by atoms with Crippen molar-refractivity contribution in [3.05, 3.63) is 89.5 Å². The molecule has 1 fully saturated rings. The van der Waals surface area contributed by atoms with Gasteiger partial charge in [-0.25, -0.2) is 5.01 Å². The maximum absolute atomic E-state index is 13.8. The molecule has 3 aromatic rings. The van der Waals surface area contributed by atoms with Crippen molar-refractivity contribution in [2.75, 3.05) is 54.1 Å². The Morgan fingerprint density at radius 3 is 2.15 bits per heavy atom. The molecule has 0 spiro atoms. The standard InChI is InChI=1S/C31H36N4O4/c1-37-25-11-9-24(10-12-25)28-20-29(27-19-26(38-2)13-14-30(27)39-3)35(32-28)31(36)22-34-17-15-33(16-18-34)21-23-7-5-4-6-8-23/h4-14,19,29H,15-18,20-22H2,1-3H3. The number of benzene rings is 3. The third-order valence-corrected chi connectivity index (χ3v) is 7.46. The molecule has 2 aliphatic rings. The van der Waals surface area contributed by atoms with E-state index in [1.807, 2.05) is 48.5 Å². The van der Waals surface area contributed by atoms with Gasteiger partial charge in [0.25, 0.3) is 5.91 Å². The quantitative estimate of drug-likeness (QED) is 0.415. The summed E-state index contributed by atoms with van der Waals surface area (Å²) in [6, 6.07) is 23.7. The van der Waals surface area contributed by atoms with Crippen LogP contribution in [0, 0.1) is 0 Å². The van der Waals surface area contributed by atoms with Gasteiger partial charge in [-0.2, -0.15) is 5.10 Å². The van der Waals surface area contributed by atoms with Crippen molar-refractivity contribution in [3.8, 4) is 17.2 Å². The van der Waals surface area contributed by atoms with Crippen LogP contribution in [0.5, 0.6) is 17.2 Å². The van der Waals surface area contributed by atoms with E-state index >= 15 is 0 Å². The van der Waals surface area contributed by atoms with Gasteiger partial charge in [-0.1, -0.05) is 30.3 Å². The van der Waals surface area contributed by atoms with E-state index in [1.165, 1.54) is 5.56 Å². The van der Waals surface area contributed by atoms with Crippen LogP contribution in [0.4, 0.5) is 0 Å². The first-order valence-corrected chi connectivity index (χ1v) is 13.3. The summed E-state index contributed by atoms with van der Waals surface area (Å²) in [6.07, 6.45) is 0.576. The van der Waals surface area contributed by atoms with Crippen molar-refractivity contribution in [3.63, 3.8) is 0 Å². The molecule has 8 heteroatoms. The molecule has 1 unspecified atom stereocenters. The number of nitrogens with zero attached hydrogens (tertiary/aromatic N) is 4. The summed E-state index contributed by atoms with van der Waals surface area (Å²) in [6.45, 7) is 4.79.